The number of hydrogen-bond donors (Lipinski definition) is 1. The van der Waals surface area contributed by atoms with E-state index in [0.717, 1.165) is 0 Å². The Labute approximate surface area is 166 Å². The van der Waals surface area contributed by atoms with Crippen molar-refractivity contribution in [1.29, 1.82) is 0 Å². The smallest absolute Gasteiger partial charge is 0.321 e. The number of para-hydroxylation sites is 1. The van der Waals surface area contributed by atoms with Crippen LogP contribution in [0.4, 0.5) is 18.9 Å². The van der Waals surface area contributed by atoms with Crippen molar-refractivity contribution in [3.05, 3.63) is 68.1 Å². The molecule has 0 aliphatic heterocycles. The zero-order valence-electron chi connectivity index (χ0n) is 13.7. The Morgan fingerprint density at radius 3 is 2.48 bits per heavy atom. The van der Waals surface area contributed by atoms with Crippen LogP contribution in [0.25, 0.3) is 11.1 Å². The molecule has 3 rings (SSSR count). The van der Waals surface area contributed by atoms with E-state index in [1.54, 1.807) is 42.5 Å². The molecule has 1 N–H and O–H groups in total. The minimum Gasteiger partial charge on any atom is -0.321 e. The first kappa shape index (κ1) is 19.7. The van der Waals surface area contributed by atoms with Crippen molar-refractivity contribution in [3.63, 3.8) is 0 Å². The number of amides is 1. The van der Waals surface area contributed by atoms with Crippen LogP contribution < -0.4 is 5.32 Å². The van der Waals surface area contributed by atoms with E-state index in [-0.39, 0.29) is 5.01 Å². The zero-order chi connectivity index (χ0) is 19.8. The Balaban J connectivity index is 1.98. The number of carbonyl (C=O) groups is 1. The van der Waals surface area contributed by atoms with E-state index >= 15 is 0 Å². The van der Waals surface area contributed by atoms with Gasteiger partial charge in [-0.25, -0.2) is 4.98 Å². The average Bonchev–Trinajstić information content (AvgIpc) is 3.00. The number of carbonyl (C=O) groups excluding carboxylic acids is 1. The standard InChI is InChI=1S/C18H11Cl2F3N2OS/c1-9-24-16(18(21,22)23)15(27-9)17(26)25-14-5-3-2-4-11(14)10-6-7-12(19)13(20)8-10/h2-8H,1H3,(H,25,26). The van der Waals surface area contributed by atoms with Gasteiger partial charge in [0.1, 0.15) is 4.88 Å². The molecule has 3 nitrogen and oxygen atoms in total. The van der Waals surface area contributed by atoms with E-state index in [4.69, 9.17) is 23.2 Å². The summed E-state index contributed by atoms with van der Waals surface area (Å²) in [4.78, 5) is 15.5. The first-order chi connectivity index (χ1) is 12.7. The van der Waals surface area contributed by atoms with E-state index < -0.39 is 22.7 Å². The Bertz CT molecular complexity index is 1020. The molecular formula is C18H11Cl2F3N2OS. The van der Waals surface area contributed by atoms with E-state index in [9.17, 15) is 18.0 Å². The van der Waals surface area contributed by atoms with Crippen molar-refractivity contribution >= 4 is 46.1 Å². The fraction of sp³-hybridized carbons (Fsp3) is 0.111. The molecule has 2 aromatic carbocycles. The Morgan fingerprint density at radius 1 is 1.11 bits per heavy atom. The summed E-state index contributed by atoms with van der Waals surface area (Å²) in [5.74, 6) is -0.875. The summed E-state index contributed by atoms with van der Waals surface area (Å²) in [6.07, 6.45) is -4.71. The Morgan fingerprint density at radius 2 is 1.81 bits per heavy atom. The van der Waals surface area contributed by atoms with Gasteiger partial charge in [0, 0.05) is 11.3 Å². The molecule has 0 aliphatic carbocycles. The van der Waals surface area contributed by atoms with Crippen LogP contribution in [0.2, 0.25) is 10.0 Å². The minimum atomic E-state index is -4.71. The number of nitrogens with one attached hydrogen (secondary N) is 1. The van der Waals surface area contributed by atoms with Gasteiger partial charge < -0.3 is 5.32 Å². The molecule has 1 amide bonds. The fourth-order valence-corrected chi connectivity index (χ4v) is 3.59. The molecule has 0 unspecified atom stereocenters. The summed E-state index contributed by atoms with van der Waals surface area (Å²) in [5.41, 5.74) is 0.422. The minimum absolute atomic E-state index is 0.158. The summed E-state index contributed by atoms with van der Waals surface area (Å²) < 4.78 is 39.4. The Hall–Kier alpha value is -2.09. The Kier molecular flexibility index (Phi) is 5.46. The lowest BCUT2D eigenvalue weighted by Crippen LogP contribution is -2.17. The number of hydrogen-bond acceptors (Lipinski definition) is 3. The second-order valence-corrected chi connectivity index (χ2v) is 7.55. The lowest BCUT2D eigenvalue weighted by Gasteiger charge is -2.12. The largest absolute Gasteiger partial charge is 0.435 e. The third-order valence-corrected chi connectivity index (χ3v) is 5.32. The van der Waals surface area contributed by atoms with E-state index in [0.29, 0.717) is 38.2 Å². The highest BCUT2D eigenvalue weighted by atomic mass is 35.5. The number of nitrogens with zero attached hydrogens (tertiary/aromatic N) is 1. The third kappa shape index (κ3) is 4.26. The van der Waals surface area contributed by atoms with Gasteiger partial charge >= 0.3 is 6.18 Å². The first-order valence-electron chi connectivity index (χ1n) is 7.57. The molecule has 0 aliphatic rings. The van der Waals surface area contributed by atoms with Crippen molar-refractivity contribution in [2.45, 2.75) is 13.1 Å². The molecule has 0 saturated carbocycles. The maximum Gasteiger partial charge on any atom is 0.435 e. The molecule has 1 aromatic heterocycles. The molecule has 0 saturated heterocycles. The van der Waals surface area contributed by atoms with Crippen LogP contribution in [0.1, 0.15) is 20.4 Å². The van der Waals surface area contributed by atoms with Crippen LogP contribution in [0.3, 0.4) is 0 Å². The predicted octanol–water partition coefficient (Wildman–Crippen LogP) is 6.70. The summed E-state index contributed by atoms with van der Waals surface area (Å²) in [6, 6.07) is 11.6. The van der Waals surface area contributed by atoms with E-state index in [1.807, 2.05) is 0 Å². The van der Waals surface area contributed by atoms with Crippen LogP contribution in [-0.2, 0) is 6.18 Å². The normalized spacial score (nSPS) is 11.5. The maximum absolute atomic E-state index is 13.1. The quantitative estimate of drug-likeness (QED) is 0.502. The van der Waals surface area contributed by atoms with E-state index in [1.165, 1.54) is 6.92 Å². The number of alkyl halides is 3. The van der Waals surface area contributed by atoms with Crippen LogP contribution >= 0.6 is 34.5 Å². The van der Waals surface area contributed by atoms with Gasteiger partial charge in [-0.3, -0.25) is 4.79 Å². The van der Waals surface area contributed by atoms with Gasteiger partial charge in [-0.05, 0) is 30.7 Å². The molecule has 0 atom stereocenters. The number of aromatic nitrogens is 1. The molecule has 140 valence electrons. The van der Waals surface area contributed by atoms with Crippen molar-refractivity contribution in [2.75, 3.05) is 5.32 Å². The first-order valence-corrected chi connectivity index (χ1v) is 9.14. The number of thiazole rings is 1. The lowest BCUT2D eigenvalue weighted by molar-refractivity contribution is -0.141. The van der Waals surface area contributed by atoms with E-state index in [2.05, 4.69) is 10.3 Å². The van der Waals surface area contributed by atoms with Crippen LogP contribution in [0.5, 0.6) is 0 Å². The number of benzene rings is 2. The van der Waals surface area contributed by atoms with Gasteiger partial charge in [-0.15, -0.1) is 11.3 Å². The summed E-state index contributed by atoms with van der Waals surface area (Å²) in [5, 5.41) is 3.40. The van der Waals surface area contributed by atoms with Gasteiger partial charge in [0.2, 0.25) is 0 Å². The molecule has 3 aromatic rings. The van der Waals surface area contributed by atoms with Crippen LogP contribution in [-0.4, -0.2) is 10.9 Å². The molecule has 0 bridgehead atoms. The van der Waals surface area contributed by atoms with Crippen molar-refractivity contribution < 1.29 is 18.0 Å². The van der Waals surface area contributed by atoms with Crippen molar-refractivity contribution in [1.82, 2.24) is 4.98 Å². The summed E-state index contributed by atoms with van der Waals surface area (Å²) in [7, 11) is 0. The third-order valence-electron chi connectivity index (χ3n) is 3.61. The molecule has 27 heavy (non-hydrogen) atoms. The molecule has 0 fully saturated rings. The topological polar surface area (TPSA) is 42.0 Å². The van der Waals surface area contributed by atoms with Crippen molar-refractivity contribution in [3.8, 4) is 11.1 Å². The SMILES string of the molecule is Cc1nc(C(F)(F)F)c(C(=O)Nc2ccccc2-c2ccc(Cl)c(Cl)c2)s1. The highest BCUT2D eigenvalue weighted by Gasteiger charge is 2.39. The second-order valence-electron chi connectivity index (χ2n) is 5.54. The average molecular weight is 431 g/mol. The lowest BCUT2D eigenvalue weighted by atomic mass is 10.0. The number of anilines is 1. The van der Waals surface area contributed by atoms with Gasteiger partial charge in [0.25, 0.3) is 5.91 Å². The molecule has 0 spiro atoms. The number of halogens is 5. The molecule has 0 radical (unpaired) electrons. The van der Waals surface area contributed by atoms with Gasteiger partial charge in [-0.2, -0.15) is 13.2 Å². The van der Waals surface area contributed by atoms with Crippen LogP contribution in [0, 0.1) is 6.92 Å². The number of rotatable bonds is 3. The molecule has 1 heterocycles. The van der Waals surface area contributed by atoms with Crippen LogP contribution in [0.15, 0.2) is 42.5 Å². The van der Waals surface area contributed by atoms with Gasteiger partial charge in [0.15, 0.2) is 5.69 Å². The van der Waals surface area contributed by atoms with Gasteiger partial charge in [-0.1, -0.05) is 47.5 Å². The fourth-order valence-electron chi connectivity index (χ4n) is 2.46. The maximum atomic E-state index is 13.1. The highest BCUT2D eigenvalue weighted by molar-refractivity contribution is 7.13. The summed E-state index contributed by atoms with van der Waals surface area (Å²) >= 11 is 12.7. The predicted molar refractivity (Wildman–Crippen MR) is 102 cm³/mol. The van der Waals surface area contributed by atoms with Crippen molar-refractivity contribution in [2.24, 2.45) is 0 Å². The molecular weight excluding hydrogens is 420 g/mol. The molecule has 9 heteroatoms. The second kappa shape index (κ2) is 7.50. The number of aryl methyl sites for hydroxylation is 1. The summed E-state index contributed by atoms with van der Waals surface area (Å²) in [6.45, 7) is 1.42. The monoisotopic (exact) mass is 430 g/mol. The van der Waals surface area contributed by atoms with Gasteiger partial charge in [0.05, 0.1) is 15.1 Å². The highest BCUT2D eigenvalue weighted by Crippen LogP contribution is 2.36. The zero-order valence-corrected chi connectivity index (χ0v) is 16.0.